The van der Waals surface area contributed by atoms with Gasteiger partial charge in [-0.05, 0) is 29.8 Å². The van der Waals surface area contributed by atoms with Crippen molar-refractivity contribution in [3.63, 3.8) is 0 Å². The minimum absolute atomic E-state index is 0.0881. The third kappa shape index (κ3) is 2.73. The first-order valence-electron chi connectivity index (χ1n) is 5.89. The van der Waals surface area contributed by atoms with Crippen LogP contribution in [0.2, 0.25) is 0 Å². The Morgan fingerprint density at radius 3 is 2.71 bits per heavy atom. The van der Waals surface area contributed by atoms with Gasteiger partial charge in [-0.15, -0.1) is 18.3 Å². The molecule has 0 aliphatic carbocycles. The Hall–Kier alpha value is -2.77. The lowest BCUT2D eigenvalue weighted by Gasteiger charge is -2.10. The van der Waals surface area contributed by atoms with Gasteiger partial charge in [-0.1, -0.05) is 12.1 Å². The van der Waals surface area contributed by atoms with Crippen LogP contribution in [0.1, 0.15) is 0 Å². The van der Waals surface area contributed by atoms with Crippen molar-refractivity contribution in [3.8, 4) is 16.9 Å². The molecule has 0 bridgehead atoms. The van der Waals surface area contributed by atoms with Gasteiger partial charge in [-0.3, -0.25) is 0 Å². The number of anilines is 1. The average Bonchev–Trinajstić information content (AvgIpc) is 2.76. The molecule has 8 heteroatoms. The summed E-state index contributed by atoms with van der Waals surface area (Å²) in [5, 5.41) is 3.95. The van der Waals surface area contributed by atoms with E-state index >= 15 is 0 Å². The van der Waals surface area contributed by atoms with Gasteiger partial charge in [0.15, 0.2) is 5.65 Å². The first kappa shape index (κ1) is 13.2. The number of benzene rings is 1. The van der Waals surface area contributed by atoms with E-state index in [-0.39, 0.29) is 11.7 Å². The molecule has 5 nitrogen and oxygen atoms in total. The molecule has 0 unspecified atom stereocenters. The van der Waals surface area contributed by atoms with E-state index in [0.717, 1.165) is 0 Å². The molecule has 3 rings (SSSR count). The van der Waals surface area contributed by atoms with Gasteiger partial charge < -0.3 is 10.5 Å². The number of hydrogen-bond acceptors (Lipinski definition) is 4. The zero-order chi connectivity index (χ0) is 15.0. The number of nitrogens with two attached hydrogens (primary N) is 1. The van der Waals surface area contributed by atoms with Crippen molar-refractivity contribution in [2.75, 3.05) is 5.73 Å². The van der Waals surface area contributed by atoms with E-state index in [9.17, 15) is 13.2 Å². The van der Waals surface area contributed by atoms with Crippen LogP contribution in [0.3, 0.4) is 0 Å². The van der Waals surface area contributed by atoms with Crippen molar-refractivity contribution in [2.45, 2.75) is 6.36 Å². The molecule has 0 atom stereocenters. The summed E-state index contributed by atoms with van der Waals surface area (Å²) in [7, 11) is 0. The van der Waals surface area contributed by atoms with Gasteiger partial charge in [0.25, 0.3) is 0 Å². The van der Waals surface area contributed by atoms with E-state index in [1.54, 1.807) is 24.4 Å². The fourth-order valence-corrected chi connectivity index (χ4v) is 2.01. The highest BCUT2D eigenvalue weighted by atomic mass is 19.4. The van der Waals surface area contributed by atoms with Crippen molar-refractivity contribution in [3.05, 3.63) is 42.6 Å². The number of alkyl halides is 3. The fourth-order valence-electron chi connectivity index (χ4n) is 2.01. The van der Waals surface area contributed by atoms with Crippen LogP contribution in [-0.4, -0.2) is 21.0 Å². The second kappa shape index (κ2) is 4.65. The molecular weight excluding hydrogens is 285 g/mol. The van der Waals surface area contributed by atoms with Crippen LogP contribution in [0.25, 0.3) is 16.8 Å². The number of nitrogen functional groups attached to an aromatic ring is 1. The molecule has 2 N–H and O–H groups in total. The van der Waals surface area contributed by atoms with E-state index in [4.69, 9.17) is 5.73 Å². The number of halogens is 3. The highest BCUT2D eigenvalue weighted by molar-refractivity contribution is 5.78. The molecule has 0 aliphatic rings. The van der Waals surface area contributed by atoms with Crippen LogP contribution >= 0.6 is 0 Å². The Labute approximate surface area is 116 Å². The maximum atomic E-state index is 12.3. The number of fused-ring (bicyclic) bond motifs is 1. The summed E-state index contributed by atoms with van der Waals surface area (Å²) in [6.45, 7) is 0. The summed E-state index contributed by atoms with van der Waals surface area (Å²) >= 11 is 0. The van der Waals surface area contributed by atoms with Crippen LogP contribution in [-0.2, 0) is 0 Å². The van der Waals surface area contributed by atoms with E-state index in [1.165, 1.54) is 22.7 Å². The minimum atomic E-state index is -4.73. The van der Waals surface area contributed by atoms with Crippen LogP contribution in [0, 0.1) is 0 Å². The molecule has 21 heavy (non-hydrogen) atoms. The lowest BCUT2D eigenvalue weighted by molar-refractivity contribution is -0.274. The summed E-state index contributed by atoms with van der Waals surface area (Å²) in [6, 6.07) is 9.07. The highest BCUT2D eigenvalue weighted by Gasteiger charge is 2.31. The maximum absolute atomic E-state index is 12.3. The number of aromatic nitrogens is 3. The first-order chi connectivity index (χ1) is 9.92. The first-order valence-corrected chi connectivity index (χ1v) is 5.89. The summed E-state index contributed by atoms with van der Waals surface area (Å²) in [6.07, 6.45) is -3.08. The molecule has 1 aromatic carbocycles. The Morgan fingerprint density at radius 2 is 1.95 bits per heavy atom. The van der Waals surface area contributed by atoms with Gasteiger partial charge in [-0.2, -0.15) is 4.98 Å². The van der Waals surface area contributed by atoms with E-state index < -0.39 is 6.36 Å². The molecule has 2 aromatic heterocycles. The van der Waals surface area contributed by atoms with Crippen LogP contribution < -0.4 is 10.5 Å². The lowest BCUT2D eigenvalue weighted by Crippen LogP contribution is -2.17. The maximum Gasteiger partial charge on any atom is 0.573 e. The smallest absolute Gasteiger partial charge is 0.406 e. The van der Waals surface area contributed by atoms with Crippen molar-refractivity contribution in [1.82, 2.24) is 14.6 Å². The van der Waals surface area contributed by atoms with Crippen LogP contribution in [0.4, 0.5) is 19.1 Å². The fraction of sp³-hybridized carbons (Fsp3) is 0.0769. The monoisotopic (exact) mass is 294 g/mol. The molecule has 0 aliphatic heterocycles. The zero-order valence-electron chi connectivity index (χ0n) is 10.5. The van der Waals surface area contributed by atoms with E-state index in [1.807, 2.05) is 0 Å². The number of hydrogen-bond donors (Lipinski definition) is 1. The molecular formula is C13H9F3N4O. The SMILES string of the molecule is Nc1nc2c(-c3cccc(OC(F)(F)F)c3)cccn2n1. The largest absolute Gasteiger partial charge is 0.573 e. The standard InChI is InChI=1S/C13H9F3N4O/c14-13(15,16)21-9-4-1-3-8(7-9)10-5-2-6-20-11(10)18-12(17)19-20/h1-7H,(H2,17,19). The molecule has 0 saturated carbocycles. The summed E-state index contributed by atoms with van der Waals surface area (Å²) in [5.41, 5.74) is 7.12. The normalized spacial score (nSPS) is 11.8. The van der Waals surface area contributed by atoms with Crippen molar-refractivity contribution in [1.29, 1.82) is 0 Å². The Balaban J connectivity index is 2.08. The van der Waals surface area contributed by atoms with Gasteiger partial charge in [0.2, 0.25) is 5.95 Å². The number of rotatable bonds is 2. The minimum Gasteiger partial charge on any atom is -0.406 e. The Morgan fingerprint density at radius 1 is 1.14 bits per heavy atom. The predicted molar refractivity (Wildman–Crippen MR) is 69.5 cm³/mol. The van der Waals surface area contributed by atoms with E-state index in [0.29, 0.717) is 16.8 Å². The van der Waals surface area contributed by atoms with Crippen LogP contribution in [0.15, 0.2) is 42.6 Å². The van der Waals surface area contributed by atoms with Crippen molar-refractivity contribution in [2.24, 2.45) is 0 Å². The highest BCUT2D eigenvalue weighted by Crippen LogP contribution is 2.29. The van der Waals surface area contributed by atoms with Gasteiger partial charge >= 0.3 is 6.36 Å². The van der Waals surface area contributed by atoms with E-state index in [2.05, 4.69) is 14.8 Å². The van der Waals surface area contributed by atoms with Gasteiger partial charge in [-0.25, -0.2) is 4.52 Å². The van der Waals surface area contributed by atoms with Crippen molar-refractivity contribution < 1.29 is 17.9 Å². The van der Waals surface area contributed by atoms with Gasteiger partial charge in [0.05, 0.1) is 0 Å². The third-order valence-electron chi connectivity index (χ3n) is 2.76. The molecule has 108 valence electrons. The number of nitrogens with zero attached hydrogens (tertiary/aromatic N) is 3. The molecule has 3 aromatic rings. The molecule has 0 amide bonds. The Kier molecular flexibility index (Phi) is 2.93. The molecule has 0 saturated heterocycles. The molecule has 0 spiro atoms. The second-order valence-electron chi connectivity index (χ2n) is 4.24. The number of pyridine rings is 1. The topological polar surface area (TPSA) is 65.4 Å². The average molecular weight is 294 g/mol. The third-order valence-corrected chi connectivity index (χ3v) is 2.76. The lowest BCUT2D eigenvalue weighted by atomic mass is 10.1. The quantitative estimate of drug-likeness (QED) is 0.789. The Bertz CT molecular complexity index is 797. The molecule has 2 heterocycles. The zero-order valence-corrected chi connectivity index (χ0v) is 10.5. The van der Waals surface area contributed by atoms with Crippen LogP contribution in [0.5, 0.6) is 5.75 Å². The number of ether oxygens (including phenoxy) is 1. The predicted octanol–water partition coefficient (Wildman–Crippen LogP) is 2.88. The summed E-state index contributed by atoms with van der Waals surface area (Å²) in [5.74, 6) is -0.209. The summed E-state index contributed by atoms with van der Waals surface area (Å²) in [4.78, 5) is 4.06. The summed E-state index contributed by atoms with van der Waals surface area (Å²) < 4.78 is 42.2. The van der Waals surface area contributed by atoms with Crippen molar-refractivity contribution >= 4 is 11.6 Å². The van der Waals surface area contributed by atoms with Gasteiger partial charge in [0, 0.05) is 11.8 Å². The van der Waals surface area contributed by atoms with Gasteiger partial charge in [0.1, 0.15) is 5.75 Å². The second-order valence-corrected chi connectivity index (χ2v) is 4.24. The molecule has 0 fully saturated rings. The molecule has 0 radical (unpaired) electrons.